The SMILES string of the molecule is CO[C@H]1O[C@H]([C@H]2COC(C)(C)O2)[C@H]2OC(C)(C)O[C@@H]12. The fraction of sp³-hybridized carbons (Fsp3) is 1.00. The van der Waals surface area contributed by atoms with E-state index >= 15 is 0 Å². The molecule has 0 aromatic carbocycles. The molecule has 0 N–H and O–H groups in total. The maximum Gasteiger partial charge on any atom is 0.186 e. The normalized spacial score (nSPS) is 47.5. The van der Waals surface area contributed by atoms with Crippen LogP contribution in [-0.2, 0) is 28.4 Å². The summed E-state index contributed by atoms with van der Waals surface area (Å²) >= 11 is 0. The zero-order chi connectivity index (χ0) is 13.8. The Morgan fingerprint density at radius 1 is 0.895 bits per heavy atom. The monoisotopic (exact) mass is 274 g/mol. The molecular weight excluding hydrogens is 252 g/mol. The summed E-state index contributed by atoms with van der Waals surface area (Å²) < 4.78 is 34.5. The molecule has 6 nitrogen and oxygen atoms in total. The van der Waals surface area contributed by atoms with Crippen molar-refractivity contribution in [2.75, 3.05) is 13.7 Å². The van der Waals surface area contributed by atoms with Crippen molar-refractivity contribution >= 4 is 0 Å². The smallest absolute Gasteiger partial charge is 0.186 e. The summed E-state index contributed by atoms with van der Waals surface area (Å²) in [5.74, 6) is -1.20. The summed E-state index contributed by atoms with van der Waals surface area (Å²) in [4.78, 5) is 0. The van der Waals surface area contributed by atoms with Gasteiger partial charge >= 0.3 is 0 Å². The highest BCUT2D eigenvalue weighted by atomic mass is 16.8. The Morgan fingerprint density at radius 2 is 1.58 bits per heavy atom. The van der Waals surface area contributed by atoms with E-state index in [0.29, 0.717) is 6.61 Å². The standard InChI is InChI=1S/C13H22O6/c1-12(2)15-6-7(17-12)8-9-10(11(14-5)16-8)19-13(3,4)18-9/h7-11H,6H2,1-5H3/t7-,8-,9-,10-,11+/m1/s1. The summed E-state index contributed by atoms with van der Waals surface area (Å²) in [6, 6.07) is 0. The predicted molar refractivity (Wildman–Crippen MR) is 64.4 cm³/mol. The molecule has 3 aliphatic heterocycles. The maximum atomic E-state index is 5.94. The van der Waals surface area contributed by atoms with E-state index in [1.807, 2.05) is 27.7 Å². The van der Waals surface area contributed by atoms with Gasteiger partial charge in [0.05, 0.1) is 6.61 Å². The van der Waals surface area contributed by atoms with Crippen LogP contribution in [0.2, 0.25) is 0 Å². The molecule has 0 amide bonds. The second kappa shape index (κ2) is 4.38. The van der Waals surface area contributed by atoms with E-state index in [1.54, 1.807) is 7.11 Å². The fourth-order valence-electron chi connectivity index (χ4n) is 2.96. The highest BCUT2D eigenvalue weighted by molar-refractivity contribution is 4.99. The Bertz CT molecular complexity index is 355. The van der Waals surface area contributed by atoms with Gasteiger partial charge in [0.1, 0.15) is 24.4 Å². The molecule has 0 unspecified atom stereocenters. The Morgan fingerprint density at radius 3 is 2.16 bits per heavy atom. The second-order valence-corrected chi connectivity index (χ2v) is 6.14. The molecule has 3 heterocycles. The van der Waals surface area contributed by atoms with Gasteiger partial charge in [-0.15, -0.1) is 0 Å². The van der Waals surface area contributed by atoms with Crippen LogP contribution in [0.15, 0.2) is 0 Å². The predicted octanol–water partition coefficient (Wildman–Crippen LogP) is 1.03. The summed E-state index contributed by atoms with van der Waals surface area (Å²) in [7, 11) is 1.61. The molecule has 0 aliphatic carbocycles. The van der Waals surface area contributed by atoms with Gasteiger partial charge in [-0.3, -0.25) is 0 Å². The molecule has 110 valence electrons. The molecule has 3 rings (SSSR count). The molecule has 0 aromatic heterocycles. The van der Waals surface area contributed by atoms with Crippen molar-refractivity contribution in [1.29, 1.82) is 0 Å². The van der Waals surface area contributed by atoms with E-state index in [4.69, 9.17) is 28.4 Å². The largest absolute Gasteiger partial charge is 0.353 e. The Hall–Kier alpha value is -0.240. The number of methoxy groups -OCH3 is 1. The molecule has 5 atom stereocenters. The third kappa shape index (κ3) is 2.41. The van der Waals surface area contributed by atoms with Crippen molar-refractivity contribution in [2.24, 2.45) is 0 Å². The quantitative estimate of drug-likeness (QED) is 0.749. The first-order chi connectivity index (χ1) is 8.81. The lowest BCUT2D eigenvalue weighted by atomic mass is 10.1. The molecule has 0 radical (unpaired) electrons. The molecule has 3 aliphatic rings. The Kier molecular flexibility index (Phi) is 3.16. The lowest BCUT2D eigenvalue weighted by molar-refractivity contribution is -0.241. The minimum absolute atomic E-state index is 0.167. The zero-order valence-electron chi connectivity index (χ0n) is 12.0. The van der Waals surface area contributed by atoms with Gasteiger partial charge in [0.15, 0.2) is 17.9 Å². The van der Waals surface area contributed by atoms with Crippen LogP contribution in [0, 0.1) is 0 Å². The van der Waals surface area contributed by atoms with Crippen molar-refractivity contribution < 1.29 is 28.4 Å². The van der Waals surface area contributed by atoms with Crippen molar-refractivity contribution in [2.45, 2.75) is 70.0 Å². The molecule has 19 heavy (non-hydrogen) atoms. The van der Waals surface area contributed by atoms with Crippen molar-refractivity contribution in [3.8, 4) is 0 Å². The lowest BCUT2D eigenvalue weighted by Gasteiger charge is -2.26. The van der Waals surface area contributed by atoms with Gasteiger partial charge in [-0.2, -0.15) is 0 Å². The number of ether oxygens (including phenoxy) is 6. The third-order valence-corrected chi connectivity index (χ3v) is 3.68. The molecule has 0 aromatic rings. The van der Waals surface area contributed by atoms with E-state index < -0.39 is 17.9 Å². The molecule has 0 bridgehead atoms. The van der Waals surface area contributed by atoms with Crippen molar-refractivity contribution in [3.05, 3.63) is 0 Å². The van der Waals surface area contributed by atoms with Crippen molar-refractivity contribution in [3.63, 3.8) is 0 Å². The van der Waals surface area contributed by atoms with Crippen molar-refractivity contribution in [1.82, 2.24) is 0 Å². The van der Waals surface area contributed by atoms with E-state index in [9.17, 15) is 0 Å². The first-order valence-corrected chi connectivity index (χ1v) is 6.67. The van der Waals surface area contributed by atoms with Gasteiger partial charge in [-0.25, -0.2) is 0 Å². The first-order valence-electron chi connectivity index (χ1n) is 6.67. The molecule has 6 heteroatoms. The van der Waals surface area contributed by atoms with Gasteiger partial charge in [-0.1, -0.05) is 0 Å². The Balaban J connectivity index is 1.76. The number of fused-ring (bicyclic) bond motifs is 1. The maximum absolute atomic E-state index is 5.94. The minimum atomic E-state index is -0.622. The molecule has 3 fully saturated rings. The number of hydrogen-bond acceptors (Lipinski definition) is 6. The molecular formula is C13H22O6. The summed E-state index contributed by atoms with van der Waals surface area (Å²) in [5.41, 5.74) is 0. The van der Waals surface area contributed by atoms with E-state index in [2.05, 4.69) is 0 Å². The third-order valence-electron chi connectivity index (χ3n) is 3.68. The number of hydrogen-bond donors (Lipinski definition) is 0. The van der Waals surface area contributed by atoms with Crippen LogP contribution in [0.3, 0.4) is 0 Å². The van der Waals surface area contributed by atoms with Crippen LogP contribution in [0.1, 0.15) is 27.7 Å². The lowest BCUT2D eigenvalue weighted by Crippen LogP contribution is -2.40. The van der Waals surface area contributed by atoms with Crippen LogP contribution in [0.25, 0.3) is 0 Å². The van der Waals surface area contributed by atoms with Gasteiger partial charge < -0.3 is 28.4 Å². The average molecular weight is 274 g/mol. The van der Waals surface area contributed by atoms with E-state index in [0.717, 1.165) is 0 Å². The molecule has 0 saturated carbocycles. The Labute approximate surface area is 113 Å². The van der Waals surface area contributed by atoms with Crippen LogP contribution < -0.4 is 0 Å². The van der Waals surface area contributed by atoms with Crippen LogP contribution in [0.5, 0.6) is 0 Å². The summed E-state index contributed by atoms with van der Waals surface area (Å²) in [5, 5.41) is 0. The molecule has 0 spiro atoms. The van der Waals surface area contributed by atoms with E-state index in [-0.39, 0.29) is 24.4 Å². The molecule has 3 saturated heterocycles. The van der Waals surface area contributed by atoms with Gasteiger partial charge in [0.2, 0.25) is 0 Å². The number of rotatable bonds is 2. The van der Waals surface area contributed by atoms with Gasteiger partial charge in [0, 0.05) is 7.11 Å². The summed E-state index contributed by atoms with van der Waals surface area (Å²) in [6.45, 7) is 8.06. The highest BCUT2D eigenvalue weighted by Gasteiger charge is 2.59. The minimum Gasteiger partial charge on any atom is -0.353 e. The zero-order valence-corrected chi connectivity index (χ0v) is 12.0. The summed E-state index contributed by atoms with van der Waals surface area (Å²) in [6.07, 6.45) is -1.25. The first kappa shape index (κ1) is 13.7. The van der Waals surface area contributed by atoms with Gasteiger partial charge in [-0.05, 0) is 27.7 Å². The van der Waals surface area contributed by atoms with Crippen LogP contribution in [0.4, 0.5) is 0 Å². The van der Waals surface area contributed by atoms with E-state index in [1.165, 1.54) is 0 Å². The topological polar surface area (TPSA) is 55.4 Å². The van der Waals surface area contributed by atoms with Crippen LogP contribution >= 0.6 is 0 Å². The van der Waals surface area contributed by atoms with Crippen LogP contribution in [-0.4, -0.2) is 56.0 Å². The van der Waals surface area contributed by atoms with Gasteiger partial charge in [0.25, 0.3) is 0 Å². The fourth-order valence-corrected chi connectivity index (χ4v) is 2.96. The second-order valence-electron chi connectivity index (χ2n) is 6.14. The highest BCUT2D eigenvalue weighted by Crippen LogP contribution is 2.42. The average Bonchev–Trinajstić information content (AvgIpc) is 2.89.